The van der Waals surface area contributed by atoms with Crippen molar-refractivity contribution < 1.29 is 0 Å². The summed E-state index contributed by atoms with van der Waals surface area (Å²) in [6, 6.07) is 2.94. The summed E-state index contributed by atoms with van der Waals surface area (Å²) in [7, 11) is 0. The Bertz CT molecular complexity index is 495. The number of hydrogen-bond acceptors (Lipinski definition) is 1. The predicted octanol–water partition coefficient (Wildman–Crippen LogP) is 5.01. The molecule has 3 unspecified atom stereocenters. The van der Waals surface area contributed by atoms with Crippen LogP contribution in [0.2, 0.25) is 0 Å². The Kier molecular flexibility index (Phi) is 4.14. The fourth-order valence-electron chi connectivity index (χ4n) is 4.55. The van der Waals surface area contributed by atoms with Crippen LogP contribution in [0.15, 0.2) is 6.07 Å². The van der Waals surface area contributed by atoms with Crippen molar-refractivity contribution in [1.82, 2.24) is 5.32 Å². The van der Waals surface area contributed by atoms with E-state index in [4.69, 9.17) is 0 Å². The standard InChI is InChI=1S/C20H31N/c1-6-7-21-20(18-10-16-9-17(16)11-18)19-14(4)12(2)8-13(3)15(19)5/h8,16-18,20-21H,6-7,9-11H2,1-5H3. The van der Waals surface area contributed by atoms with Gasteiger partial charge >= 0.3 is 0 Å². The van der Waals surface area contributed by atoms with E-state index in [1.54, 1.807) is 5.56 Å². The van der Waals surface area contributed by atoms with Crippen molar-refractivity contribution in [2.24, 2.45) is 17.8 Å². The van der Waals surface area contributed by atoms with Crippen molar-refractivity contribution >= 4 is 0 Å². The summed E-state index contributed by atoms with van der Waals surface area (Å²) in [5, 5.41) is 3.90. The molecule has 0 aliphatic heterocycles. The second-order valence-electron chi connectivity index (χ2n) is 7.59. The van der Waals surface area contributed by atoms with Gasteiger partial charge in [-0.05, 0) is 105 Å². The van der Waals surface area contributed by atoms with Crippen LogP contribution in [-0.2, 0) is 0 Å². The molecule has 0 bridgehead atoms. The van der Waals surface area contributed by atoms with Crippen LogP contribution < -0.4 is 5.32 Å². The summed E-state index contributed by atoms with van der Waals surface area (Å²) in [5.41, 5.74) is 7.57. The molecule has 0 aromatic heterocycles. The second kappa shape index (κ2) is 5.76. The summed E-state index contributed by atoms with van der Waals surface area (Å²) in [5.74, 6) is 2.98. The van der Waals surface area contributed by atoms with Crippen LogP contribution in [0.4, 0.5) is 0 Å². The maximum atomic E-state index is 3.90. The molecule has 1 heteroatoms. The second-order valence-corrected chi connectivity index (χ2v) is 7.59. The summed E-state index contributed by atoms with van der Waals surface area (Å²) in [6.07, 6.45) is 5.65. The quantitative estimate of drug-likeness (QED) is 0.802. The van der Waals surface area contributed by atoms with Crippen LogP contribution in [0.5, 0.6) is 0 Å². The fourth-order valence-corrected chi connectivity index (χ4v) is 4.55. The van der Waals surface area contributed by atoms with E-state index in [1.807, 2.05) is 0 Å². The van der Waals surface area contributed by atoms with Crippen molar-refractivity contribution in [2.45, 2.75) is 66.3 Å². The average Bonchev–Trinajstić information content (AvgIpc) is 3.07. The molecule has 0 spiro atoms. The summed E-state index contributed by atoms with van der Waals surface area (Å²) < 4.78 is 0. The number of nitrogens with one attached hydrogen (secondary N) is 1. The van der Waals surface area contributed by atoms with Crippen molar-refractivity contribution in [2.75, 3.05) is 6.54 Å². The average molecular weight is 285 g/mol. The van der Waals surface area contributed by atoms with E-state index in [1.165, 1.54) is 47.9 Å². The molecular formula is C20H31N. The Morgan fingerprint density at radius 3 is 2.10 bits per heavy atom. The molecule has 1 aromatic carbocycles. The van der Waals surface area contributed by atoms with Crippen LogP contribution >= 0.6 is 0 Å². The minimum atomic E-state index is 0.580. The molecule has 2 fully saturated rings. The first-order valence-electron chi connectivity index (χ1n) is 8.83. The van der Waals surface area contributed by atoms with Crippen molar-refractivity contribution in [1.29, 1.82) is 0 Å². The summed E-state index contributed by atoms with van der Waals surface area (Å²) >= 11 is 0. The van der Waals surface area contributed by atoms with Crippen LogP contribution in [-0.4, -0.2) is 6.54 Å². The maximum Gasteiger partial charge on any atom is 0.0354 e. The van der Waals surface area contributed by atoms with Gasteiger partial charge in [-0.2, -0.15) is 0 Å². The largest absolute Gasteiger partial charge is 0.310 e. The van der Waals surface area contributed by atoms with E-state index in [9.17, 15) is 0 Å². The van der Waals surface area contributed by atoms with Crippen LogP contribution in [0.1, 0.15) is 66.5 Å². The van der Waals surface area contributed by atoms with E-state index in [0.29, 0.717) is 6.04 Å². The summed E-state index contributed by atoms with van der Waals surface area (Å²) in [6.45, 7) is 12.6. The molecule has 2 aliphatic carbocycles. The van der Waals surface area contributed by atoms with E-state index in [-0.39, 0.29) is 0 Å². The lowest BCUT2D eigenvalue weighted by Crippen LogP contribution is -2.30. The highest BCUT2D eigenvalue weighted by Gasteiger charge is 2.48. The van der Waals surface area contributed by atoms with Gasteiger partial charge in [0.2, 0.25) is 0 Å². The zero-order chi connectivity index (χ0) is 15.1. The highest BCUT2D eigenvalue weighted by atomic mass is 14.9. The van der Waals surface area contributed by atoms with Gasteiger partial charge in [0.15, 0.2) is 0 Å². The van der Waals surface area contributed by atoms with E-state index in [0.717, 1.165) is 24.3 Å². The molecule has 0 amide bonds. The molecule has 116 valence electrons. The number of benzene rings is 1. The van der Waals surface area contributed by atoms with Gasteiger partial charge in [-0.25, -0.2) is 0 Å². The van der Waals surface area contributed by atoms with Gasteiger partial charge in [-0.1, -0.05) is 13.0 Å². The monoisotopic (exact) mass is 285 g/mol. The Morgan fingerprint density at radius 1 is 1.00 bits per heavy atom. The molecule has 0 saturated heterocycles. The van der Waals surface area contributed by atoms with Crippen LogP contribution in [0, 0.1) is 45.4 Å². The Balaban J connectivity index is 1.95. The molecule has 2 aliphatic rings. The third kappa shape index (κ3) is 2.77. The van der Waals surface area contributed by atoms with Crippen molar-refractivity contribution in [3.8, 4) is 0 Å². The molecule has 3 atom stereocenters. The third-order valence-electron chi connectivity index (χ3n) is 6.10. The van der Waals surface area contributed by atoms with E-state index in [2.05, 4.69) is 46.0 Å². The summed E-state index contributed by atoms with van der Waals surface area (Å²) in [4.78, 5) is 0. The first-order chi connectivity index (χ1) is 10.0. The van der Waals surface area contributed by atoms with Gasteiger partial charge in [0, 0.05) is 6.04 Å². The number of aryl methyl sites for hydroxylation is 2. The highest BCUT2D eigenvalue weighted by Crippen LogP contribution is 2.57. The zero-order valence-corrected chi connectivity index (χ0v) is 14.4. The molecular weight excluding hydrogens is 254 g/mol. The molecule has 21 heavy (non-hydrogen) atoms. The first kappa shape index (κ1) is 15.1. The molecule has 0 heterocycles. The minimum absolute atomic E-state index is 0.580. The molecule has 1 N–H and O–H groups in total. The van der Waals surface area contributed by atoms with Gasteiger partial charge in [0.25, 0.3) is 0 Å². The molecule has 1 nitrogen and oxygen atoms in total. The lowest BCUT2D eigenvalue weighted by atomic mass is 9.82. The lowest BCUT2D eigenvalue weighted by molar-refractivity contribution is 0.339. The van der Waals surface area contributed by atoms with Gasteiger partial charge in [-0.3, -0.25) is 0 Å². The van der Waals surface area contributed by atoms with E-state index < -0.39 is 0 Å². The smallest absolute Gasteiger partial charge is 0.0354 e. The Hall–Kier alpha value is -0.820. The number of fused-ring (bicyclic) bond motifs is 1. The third-order valence-corrected chi connectivity index (χ3v) is 6.10. The SMILES string of the molecule is CCCNC(c1c(C)c(C)cc(C)c1C)C1CC2CC2C1. The number of hydrogen-bond donors (Lipinski definition) is 1. The fraction of sp³-hybridized carbons (Fsp3) is 0.700. The van der Waals surface area contributed by atoms with Gasteiger partial charge < -0.3 is 5.32 Å². The molecule has 2 saturated carbocycles. The van der Waals surface area contributed by atoms with Crippen LogP contribution in [0.25, 0.3) is 0 Å². The Morgan fingerprint density at radius 2 is 1.57 bits per heavy atom. The van der Waals surface area contributed by atoms with E-state index >= 15 is 0 Å². The zero-order valence-electron chi connectivity index (χ0n) is 14.4. The van der Waals surface area contributed by atoms with Crippen molar-refractivity contribution in [3.63, 3.8) is 0 Å². The molecule has 0 radical (unpaired) electrons. The van der Waals surface area contributed by atoms with Gasteiger partial charge in [0.05, 0.1) is 0 Å². The van der Waals surface area contributed by atoms with Crippen LogP contribution in [0.3, 0.4) is 0 Å². The maximum absolute atomic E-state index is 3.90. The highest BCUT2D eigenvalue weighted by molar-refractivity contribution is 5.46. The molecule has 1 aromatic rings. The predicted molar refractivity (Wildman–Crippen MR) is 90.7 cm³/mol. The minimum Gasteiger partial charge on any atom is -0.310 e. The lowest BCUT2D eigenvalue weighted by Gasteiger charge is -2.31. The topological polar surface area (TPSA) is 12.0 Å². The van der Waals surface area contributed by atoms with Gasteiger partial charge in [0.1, 0.15) is 0 Å². The molecule has 3 rings (SSSR count). The normalized spacial score (nSPS) is 28.5. The van der Waals surface area contributed by atoms with Crippen molar-refractivity contribution in [3.05, 3.63) is 33.9 Å². The first-order valence-corrected chi connectivity index (χ1v) is 8.83. The number of rotatable bonds is 5. The van der Waals surface area contributed by atoms with Gasteiger partial charge in [-0.15, -0.1) is 0 Å². The Labute approximate surface area is 130 Å².